The lowest BCUT2D eigenvalue weighted by atomic mass is 9.95. The van der Waals surface area contributed by atoms with Crippen LogP contribution in [-0.2, 0) is 4.79 Å². The number of aryl methyl sites for hydroxylation is 1. The molecule has 0 aromatic carbocycles. The zero-order valence-electron chi connectivity index (χ0n) is 11.2. The zero-order chi connectivity index (χ0) is 13.8. The minimum atomic E-state index is -0.817. The van der Waals surface area contributed by atoms with Gasteiger partial charge in [-0.2, -0.15) is 11.8 Å². The highest BCUT2D eigenvalue weighted by molar-refractivity contribution is 7.99. The van der Waals surface area contributed by atoms with Crippen LogP contribution >= 0.6 is 23.5 Å². The number of hydrogen-bond donors (Lipinski definition) is 1. The second-order valence-corrected chi connectivity index (χ2v) is 6.84. The molecule has 0 saturated heterocycles. The van der Waals surface area contributed by atoms with Crippen molar-refractivity contribution in [2.45, 2.75) is 49.1 Å². The number of nitrogens with zero attached hydrogens (tertiary/aromatic N) is 3. The molecule has 0 radical (unpaired) electrons. The summed E-state index contributed by atoms with van der Waals surface area (Å²) in [4.78, 5) is 10.7. The Labute approximate surface area is 121 Å². The van der Waals surface area contributed by atoms with Gasteiger partial charge in [0.1, 0.15) is 5.82 Å². The van der Waals surface area contributed by atoms with E-state index in [4.69, 9.17) is 5.11 Å². The Balaban J connectivity index is 2.13. The van der Waals surface area contributed by atoms with Crippen LogP contribution in [0.2, 0.25) is 0 Å². The van der Waals surface area contributed by atoms with Gasteiger partial charge in [-0.3, -0.25) is 4.79 Å². The molecule has 1 aromatic heterocycles. The first-order valence-corrected chi connectivity index (χ1v) is 8.68. The Morgan fingerprint density at radius 3 is 2.95 bits per heavy atom. The Morgan fingerprint density at radius 2 is 2.26 bits per heavy atom. The van der Waals surface area contributed by atoms with Crippen molar-refractivity contribution in [3.8, 4) is 0 Å². The van der Waals surface area contributed by atoms with Crippen LogP contribution in [0.25, 0.3) is 0 Å². The standard InChI is InChI=1S/C12H19N3O2S2/c1-8-13-14-12(19-7-11(16)17)15(8)9-4-3-5-10(6-9)18-2/h9-10H,3-7H2,1-2H3,(H,16,17). The molecule has 0 bridgehead atoms. The van der Waals surface area contributed by atoms with Gasteiger partial charge in [-0.15, -0.1) is 10.2 Å². The summed E-state index contributed by atoms with van der Waals surface area (Å²) in [5.41, 5.74) is 0. The molecule has 2 unspecified atom stereocenters. The minimum Gasteiger partial charge on any atom is -0.481 e. The van der Waals surface area contributed by atoms with E-state index < -0.39 is 5.97 Å². The number of carboxylic acids is 1. The van der Waals surface area contributed by atoms with Crippen LogP contribution in [-0.4, -0.2) is 43.1 Å². The summed E-state index contributed by atoms with van der Waals surface area (Å²) in [6.45, 7) is 1.94. The second-order valence-electron chi connectivity index (χ2n) is 4.76. The first kappa shape index (κ1) is 14.7. The molecule has 7 heteroatoms. The Hall–Kier alpha value is -0.690. The molecule has 0 aliphatic heterocycles. The predicted molar refractivity (Wildman–Crippen MR) is 77.9 cm³/mol. The van der Waals surface area contributed by atoms with Crippen LogP contribution in [0, 0.1) is 6.92 Å². The Bertz CT molecular complexity index is 450. The van der Waals surface area contributed by atoms with Crippen LogP contribution in [0.3, 0.4) is 0 Å². The van der Waals surface area contributed by atoms with Crippen molar-refractivity contribution in [1.29, 1.82) is 0 Å². The topological polar surface area (TPSA) is 68.0 Å². The van der Waals surface area contributed by atoms with Crippen LogP contribution in [0.15, 0.2) is 5.16 Å². The van der Waals surface area contributed by atoms with Crippen molar-refractivity contribution in [1.82, 2.24) is 14.8 Å². The fourth-order valence-corrected chi connectivity index (χ4v) is 4.15. The van der Waals surface area contributed by atoms with E-state index in [0.717, 1.165) is 23.8 Å². The molecule has 2 atom stereocenters. The van der Waals surface area contributed by atoms with Gasteiger partial charge in [0, 0.05) is 11.3 Å². The van der Waals surface area contributed by atoms with E-state index in [1.807, 2.05) is 18.7 Å². The summed E-state index contributed by atoms with van der Waals surface area (Å²) in [5, 5.41) is 18.4. The molecule has 1 heterocycles. The van der Waals surface area contributed by atoms with Crippen molar-refractivity contribution < 1.29 is 9.90 Å². The van der Waals surface area contributed by atoms with Crippen LogP contribution in [0.5, 0.6) is 0 Å². The molecule has 0 spiro atoms. The van der Waals surface area contributed by atoms with Gasteiger partial charge in [-0.25, -0.2) is 0 Å². The monoisotopic (exact) mass is 301 g/mol. The molecule has 1 fully saturated rings. The molecule has 1 saturated carbocycles. The van der Waals surface area contributed by atoms with E-state index in [-0.39, 0.29) is 5.75 Å². The van der Waals surface area contributed by atoms with Crippen molar-refractivity contribution in [2.75, 3.05) is 12.0 Å². The molecule has 1 aliphatic carbocycles. The highest BCUT2D eigenvalue weighted by atomic mass is 32.2. The fraction of sp³-hybridized carbons (Fsp3) is 0.750. The lowest BCUT2D eigenvalue weighted by molar-refractivity contribution is -0.133. The molecule has 5 nitrogen and oxygen atoms in total. The maximum absolute atomic E-state index is 10.7. The Kier molecular flexibility index (Phi) is 5.15. The number of rotatable bonds is 5. The molecule has 2 rings (SSSR count). The summed E-state index contributed by atoms with van der Waals surface area (Å²) in [6.07, 6.45) is 6.91. The van der Waals surface area contributed by atoms with Gasteiger partial charge < -0.3 is 9.67 Å². The average molecular weight is 301 g/mol. The number of aromatic nitrogens is 3. The quantitative estimate of drug-likeness (QED) is 0.843. The van der Waals surface area contributed by atoms with Crippen molar-refractivity contribution >= 4 is 29.5 Å². The molecule has 19 heavy (non-hydrogen) atoms. The summed E-state index contributed by atoms with van der Waals surface area (Å²) >= 11 is 3.18. The Morgan fingerprint density at radius 1 is 1.47 bits per heavy atom. The lowest BCUT2D eigenvalue weighted by Crippen LogP contribution is -2.22. The lowest BCUT2D eigenvalue weighted by Gasteiger charge is -2.30. The summed E-state index contributed by atoms with van der Waals surface area (Å²) in [5.74, 6) is 0.110. The third-order valence-corrected chi connectivity index (χ3v) is 5.48. The molecular formula is C12H19N3O2S2. The van der Waals surface area contributed by atoms with E-state index in [1.165, 1.54) is 24.6 Å². The van der Waals surface area contributed by atoms with Gasteiger partial charge in [0.05, 0.1) is 5.75 Å². The van der Waals surface area contributed by atoms with E-state index in [9.17, 15) is 4.79 Å². The molecule has 1 aromatic rings. The summed E-state index contributed by atoms with van der Waals surface area (Å²) in [7, 11) is 0. The summed E-state index contributed by atoms with van der Waals surface area (Å²) < 4.78 is 2.13. The van der Waals surface area contributed by atoms with E-state index in [2.05, 4.69) is 21.0 Å². The normalized spacial score (nSPS) is 23.5. The third-order valence-electron chi connectivity index (χ3n) is 3.46. The largest absolute Gasteiger partial charge is 0.481 e. The third kappa shape index (κ3) is 3.66. The van der Waals surface area contributed by atoms with E-state index in [1.54, 1.807) is 0 Å². The number of thioether (sulfide) groups is 2. The first-order valence-electron chi connectivity index (χ1n) is 6.40. The fourth-order valence-electron chi connectivity index (χ4n) is 2.56. The molecule has 106 valence electrons. The molecule has 1 aliphatic rings. The second kappa shape index (κ2) is 6.65. The highest BCUT2D eigenvalue weighted by Gasteiger charge is 2.26. The van der Waals surface area contributed by atoms with Crippen molar-refractivity contribution in [2.24, 2.45) is 0 Å². The van der Waals surface area contributed by atoms with Gasteiger partial charge in [-0.1, -0.05) is 18.2 Å². The number of carbonyl (C=O) groups is 1. The van der Waals surface area contributed by atoms with Gasteiger partial charge in [-0.05, 0) is 32.4 Å². The van der Waals surface area contributed by atoms with Gasteiger partial charge in [0.2, 0.25) is 0 Å². The average Bonchev–Trinajstić information content (AvgIpc) is 2.77. The number of hydrogen-bond acceptors (Lipinski definition) is 5. The SMILES string of the molecule is CSC1CCCC(n2c(C)nnc2SCC(=O)O)C1. The van der Waals surface area contributed by atoms with E-state index in [0.29, 0.717) is 11.3 Å². The maximum atomic E-state index is 10.7. The summed E-state index contributed by atoms with van der Waals surface area (Å²) in [6, 6.07) is 0.414. The zero-order valence-corrected chi connectivity index (χ0v) is 12.8. The number of aliphatic carboxylic acids is 1. The van der Waals surface area contributed by atoms with Gasteiger partial charge >= 0.3 is 5.97 Å². The number of carboxylic acid groups (broad SMARTS) is 1. The smallest absolute Gasteiger partial charge is 0.313 e. The van der Waals surface area contributed by atoms with Gasteiger partial charge in [0.15, 0.2) is 5.16 Å². The minimum absolute atomic E-state index is 0.0385. The van der Waals surface area contributed by atoms with E-state index >= 15 is 0 Å². The highest BCUT2D eigenvalue weighted by Crippen LogP contribution is 2.36. The predicted octanol–water partition coefficient (Wildman–Crippen LogP) is 2.61. The van der Waals surface area contributed by atoms with Gasteiger partial charge in [0.25, 0.3) is 0 Å². The van der Waals surface area contributed by atoms with Crippen LogP contribution < -0.4 is 0 Å². The molecular weight excluding hydrogens is 282 g/mol. The maximum Gasteiger partial charge on any atom is 0.313 e. The first-order chi connectivity index (χ1) is 9.11. The van der Waals surface area contributed by atoms with Crippen LogP contribution in [0.4, 0.5) is 0 Å². The van der Waals surface area contributed by atoms with Crippen LogP contribution in [0.1, 0.15) is 37.5 Å². The molecule has 1 N–H and O–H groups in total. The molecule has 0 amide bonds. The van der Waals surface area contributed by atoms with Crippen molar-refractivity contribution in [3.05, 3.63) is 5.82 Å². The van der Waals surface area contributed by atoms with Crippen molar-refractivity contribution in [3.63, 3.8) is 0 Å².